The maximum atomic E-state index is 12.6. The van der Waals surface area contributed by atoms with Crippen LogP contribution in [0.5, 0.6) is 0 Å². The molecule has 0 radical (unpaired) electrons. The summed E-state index contributed by atoms with van der Waals surface area (Å²) in [5.74, 6) is -3.19. The van der Waals surface area contributed by atoms with E-state index in [-0.39, 0.29) is 31.0 Å². The lowest BCUT2D eigenvalue weighted by atomic mass is 9.88. The van der Waals surface area contributed by atoms with Crippen LogP contribution in [0.15, 0.2) is 12.2 Å². The predicted octanol–water partition coefficient (Wildman–Crippen LogP) is 7.48. The summed E-state index contributed by atoms with van der Waals surface area (Å²) in [7, 11) is -4.77. The summed E-state index contributed by atoms with van der Waals surface area (Å²) in [6, 6.07) is -1.55. The van der Waals surface area contributed by atoms with Crippen LogP contribution in [0, 0.1) is 11.8 Å². The minimum Gasteiger partial charge on any atom is -0.480 e. The average molecular weight is 820 g/mol. The molecule has 0 aliphatic heterocycles. The number of ketones is 1. The molecule has 0 spiro atoms. The van der Waals surface area contributed by atoms with Crippen LogP contribution in [-0.2, 0) is 42.3 Å². The molecule has 1 fully saturated rings. The second-order valence-corrected chi connectivity index (χ2v) is 16.7. The molecular weight excluding hydrogens is 745 g/mol. The molecular formula is C41H74NO13P. The molecule has 1 aliphatic carbocycles. The largest absolute Gasteiger partial charge is 0.480 e. The fourth-order valence-electron chi connectivity index (χ4n) is 6.73. The van der Waals surface area contributed by atoms with Gasteiger partial charge in [0.1, 0.15) is 18.4 Å². The normalized spacial score (nSPS) is 19.8. The Hall–Kier alpha value is -2.19. The van der Waals surface area contributed by atoms with Gasteiger partial charge in [0.2, 0.25) is 0 Å². The van der Waals surface area contributed by atoms with Gasteiger partial charge >= 0.3 is 25.7 Å². The van der Waals surface area contributed by atoms with Crippen molar-refractivity contribution in [3.8, 4) is 0 Å². The molecule has 0 amide bonds. The fraction of sp³-hybridized carbons (Fsp3) is 0.854. The molecule has 14 nitrogen and oxygen atoms in total. The monoisotopic (exact) mass is 819 g/mol. The van der Waals surface area contributed by atoms with E-state index < -0.39 is 75.8 Å². The van der Waals surface area contributed by atoms with Crippen molar-refractivity contribution in [2.24, 2.45) is 17.6 Å². The van der Waals surface area contributed by atoms with Crippen molar-refractivity contribution in [2.75, 3.05) is 19.8 Å². The number of Topliss-reactive ketones (excluding diaryl/α,β-unsaturated/α-hetero) is 1. The first kappa shape index (κ1) is 51.8. The number of ether oxygens (including phenoxy) is 2. The molecule has 1 aliphatic rings. The van der Waals surface area contributed by atoms with Crippen LogP contribution in [0.3, 0.4) is 0 Å². The number of phosphoric ester groups is 1. The van der Waals surface area contributed by atoms with E-state index in [1.807, 2.05) is 0 Å². The van der Waals surface area contributed by atoms with Crippen molar-refractivity contribution < 1.29 is 62.5 Å². The Morgan fingerprint density at radius 2 is 1.30 bits per heavy atom. The lowest BCUT2D eigenvalue weighted by Crippen LogP contribution is -2.34. The van der Waals surface area contributed by atoms with E-state index >= 15 is 0 Å². The predicted molar refractivity (Wildman–Crippen MR) is 213 cm³/mol. The molecule has 1 saturated carbocycles. The molecule has 6 N–H and O–H groups in total. The van der Waals surface area contributed by atoms with Crippen molar-refractivity contribution in [1.82, 2.24) is 0 Å². The molecule has 0 heterocycles. The van der Waals surface area contributed by atoms with Crippen molar-refractivity contribution in [1.29, 1.82) is 0 Å². The number of carbonyl (C=O) groups is 4. The number of nitrogens with two attached hydrogens (primary N) is 1. The molecule has 15 heteroatoms. The molecule has 56 heavy (non-hydrogen) atoms. The Bertz CT molecular complexity index is 1170. The summed E-state index contributed by atoms with van der Waals surface area (Å²) >= 11 is 0. The Morgan fingerprint density at radius 1 is 0.786 bits per heavy atom. The molecule has 0 aromatic carbocycles. The Morgan fingerprint density at radius 3 is 1.89 bits per heavy atom. The summed E-state index contributed by atoms with van der Waals surface area (Å²) < 4.78 is 32.6. The standard InChI is InChI=1S/C41H74NO13P/c1-3-5-7-8-9-10-11-12-13-14-15-21-25-40(47)55-33(30-53-56(50,51)54-31-36(42)41(48)49)29-52-39(46)24-20-17-16-19-23-34-35(38(45)28-37(34)44)27-26-32(43)22-18-6-4-2/h26-27,32-37,43-44H,3-25,28-31,42H2,1-2H3,(H,48,49)(H,50,51)/b27-26+/t32-,33+,34+,35+,36-,37-/m0/s1. The topological polar surface area (TPSA) is 229 Å². The molecule has 0 bridgehead atoms. The summed E-state index contributed by atoms with van der Waals surface area (Å²) in [5, 5.41) is 29.6. The van der Waals surface area contributed by atoms with E-state index in [9.17, 15) is 38.8 Å². The van der Waals surface area contributed by atoms with Crippen LogP contribution in [0.25, 0.3) is 0 Å². The van der Waals surface area contributed by atoms with Gasteiger partial charge in [-0.2, -0.15) is 0 Å². The zero-order valence-electron chi connectivity index (χ0n) is 34.2. The highest BCUT2D eigenvalue weighted by atomic mass is 31.2. The first-order chi connectivity index (χ1) is 26.8. The maximum absolute atomic E-state index is 12.6. The van der Waals surface area contributed by atoms with Crippen LogP contribution in [0.2, 0.25) is 0 Å². The van der Waals surface area contributed by atoms with E-state index in [0.717, 1.165) is 51.4 Å². The van der Waals surface area contributed by atoms with Crippen LogP contribution in [-0.4, -0.2) is 88.1 Å². The summed E-state index contributed by atoms with van der Waals surface area (Å²) in [6.07, 6.45) is 21.9. The molecule has 1 rings (SSSR count). The van der Waals surface area contributed by atoms with Gasteiger partial charge < -0.3 is 35.4 Å². The van der Waals surface area contributed by atoms with Crippen LogP contribution < -0.4 is 5.73 Å². The third-order valence-electron chi connectivity index (χ3n) is 10.2. The number of carbonyl (C=O) groups excluding carboxylic acids is 3. The average Bonchev–Trinajstić information content (AvgIpc) is 3.43. The number of esters is 2. The molecule has 0 aromatic heterocycles. The van der Waals surface area contributed by atoms with Crippen LogP contribution in [0.4, 0.5) is 0 Å². The van der Waals surface area contributed by atoms with Gasteiger partial charge in [0.15, 0.2) is 6.10 Å². The number of hydrogen-bond donors (Lipinski definition) is 5. The minimum atomic E-state index is -4.77. The number of aliphatic carboxylic acids is 1. The molecule has 0 aromatic rings. The highest BCUT2D eigenvalue weighted by Crippen LogP contribution is 2.43. The third-order valence-corrected chi connectivity index (χ3v) is 11.1. The zero-order valence-corrected chi connectivity index (χ0v) is 35.1. The van der Waals surface area contributed by atoms with Crippen molar-refractivity contribution in [3.05, 3.63) is 12.2 Å². The molecule has 326 valence electrons. The summed E-state index contributed by atoms with van der Waals surface area (Å²) in [4.78, 5) is 58.6. The van der Waals surface area contributed by atoms with E-state index in [4.69, 9.17) is 24.8 Å². The second kappa shape index (κ2) is 31.8. The Balaban J connectivity index is 2.48. The van der Waals surface area contributed by atoms with Crippen molar-refractivity contribution in [3.63, 3.8) is 0 Å². The lowest BCUT2D eigenvalue weighted by Gasteiger charge is -2.20. The number of carboxylic acid groups (broad SMARTS) is 1. The van der Waals surface area contributed by atoms with Gasteiger partial charge in [-0.25, -0.2) is 4.57 Å². The molecule has 7 atom stereocenters. The van der Waals surface area contributed by atoms with Gasteiger partial charge in [-0.1, -0.05) is 135 Å². The van der Waals surface area contributed by atoms with Gasteiger partial charge in [-0.15, -0.1) is 0 Å². The van der Waals surface area contributed by atoms with Gasteiger partial charge in [0, 0.05) is 25.2 Å². The number of aliphatic hydroxyl groups excluding tert-OH is 2. The first-order valence-electron chi connectivity index (χ1n) is 21.3. The third kappa shape index (κ3) is 25.9. The fourth-order valence-corrected chi connectivity index (χ4v) is 7.51. The Kier molecular flexibility index (Phi) is 29.4. The summed E-state index contributed by atoms with van der Waals surface area (Å²) in [5.41, 5.74) is 5.32. The number of allylic oxidation sites excluding steroid dienone is 1. The highest BCUT2D eigenvalue weighted by Gasteiger charge is 2.39. The van der Waals surface area contributed by atoms with E-state index in [2.05, 4.69) is 18.4 Å². The SMILES string of the molecule is CCCCCCCCCCCCCCC(=O)O[C@H](COC(=O)CCCCCC[C@H]1[C@@H](O)CC(=O)[C@@H]1/C=C/[C@@H](O)CCCCC)COP(=O)(O)OC[C@H](N)C(=O)O. The zero-order chi connectivity index (χ0) is 41.6. The molecule has 0 saturated heterocycles. The highest BCUT2D eigenvalue weighted by molar-refractivity contribution is 7.47. The van der Waals surface area contributed by atoms with Gasteiger partial charge in [-0.05, 0) is 31.6 Å². The van der Waals surface area contributed by atoms with Crippen molar-refractivity contribution in [2.45, 2.75) is 192 Å². The minimum absolute atomic E-state index is 0.0160. The smallest absolute Gasteiger partial charge is 0.472 e. The number of carboxylic acids is 1. The number of aliphatic hydroxyl groups is 2. The van der Waals surface area contributed by atoms with Gasteiger partial charge in [0.25, 0.3) is 0 Å². The number of rotatable bonds is 36. The quantitative estimate of drug-likeness (QED) is 0.0179. The first-order valence-corrected chi connectivity index (χ1v) is 22.8. The van der Waals surface area contributed by atoms with Crippen LogP contribution >= 0.6 is 7.82 Å². The van der Waals surface area contributed by atoms with E-state index in [1.165, 1.54) is 51.4 Å². The Labute approximate surface area is 335 Å². The number of hydrogen-bond acceptors (Lipinski definition) is 12. The second-order valence-electron chi connectivity index (χ2n) is 15.3. The number of phosphoric acid groups is 1. The number of unbranched alkanes of at least 4 members (excludes halogenated alkanes) is 16. The van der Waals surface area contributed by atoms with Crippen LogP contribution in [0.1, 0.15) is 168 Å². The maximum Gasteiger partial charge on any atom is 0.472 e. The summed E-state index contributed by atoms with van der Waals surface area (Å²) in [6.45, 7) is 2.45. The van der Waals surface area contributed by atoms with Gasteiger partial charge in [-0.3, -0.25) is 28.2 Å². The van der Waals surface area contributed by atoms with E-state index in [0.29, 0.717) is 32.1 Å². The lowest BCUT2D eigenvalue weighted by molar-refractivity contribution is -0.161. The van der Waals surface area contributed by atoms with Gasteiger partial charge in [0.05, 0.1) is 25.4 Å². The van der Waals surface area contributed by atoms with E-state index in [1.54, 1.807) is 12.2 Å². The molecule has 1 unspecified atom stereocenters. The van der Waals surface area contributed by atoms with Crippen molar-refractivity contribution >= 4 is 31.5 Å².